The smallest absolute Gasteiger partial charge is 0.256 e. The first-order valence-corrected chi connectivity index (χ1v) is 15.1. The minimum absolute atomic E-state index is 0.0204. The molecule has 8 heteroatoms. The van der Waals surface area contributed by atoms with Gasteiger partial charge in [-0.1, -0.05) is 45.2 Å². The summed E-state index contributed by atoms with van der Waals surface area (Å²) in [6, 6.07) is 11.0. The van der Waals surface area contributed by atoms with Gasteiger partial charge in [0, 0.05) is 48.5 Å². The number of pyridine rings is 1. The van der Waals surface area contributed by atoms with E-state index in [0.29, 0.717) is 34.4 Å². The zero-order valence-corrected chi connectivity index (χ0v) is 25.1. The molecule has 1 aromatic heterocycles. The van der Waals surface area contributed by atoms with E-state index >= 15 is 0 Å². The highest BCUT2D eigenvalue weighted by Gasteiger charge is 2.67. The lowest BCUT2D eigenvalue weighted by Gasteiger charge is -2.65. The summed E-state index contributed by atoms with van der Waals surface area (Å²) < 4.78 is 6.43. The molecule has 214 valence electrons. The highest BCUT2D eigenvalue weighted by atomic mass is 35.5. The van der Waals surface area contributed by atoms with Crippen molar-refractivity contribution >= 4 is 17.5 Å². The van der Waals surface area contributed by atoms with Crippen LogP contribution in [-0.4, -0.2) is 65.6 Å². The highest BCUT2D eigenvalue weighted by molar-refractivity contribution is 6.31. The molecule has 7 nitrogen and oxygen atoms in total. The van der Waals surface area contributed by atoms with E-state index in [-0.39, 0.29) is 28.9 Å². The summed E-state index contributed by atoms with van der Waals surface area (Å²) >= 11 is 6.25. The molecule has 1 N–H and O–H groups in total. The second-order valence-corrected chi connectivity index (χ2v) is 13.7. The van der Waals surface area contributed by atoms with Crippen LogP contribution in [0.1, 0.15) is 67.8 Å². The van der Waals surface area contributed by atoms with E-state index in [1.165, 1.54) is 6.54 Å². The molecule has 4 heterocycles. The molecule has 1 amide bonds. The third-order valence-electron chi connectivity index (χ3n) is 9.55. The van der Waals surface area contributed by atoms with Crippen molar-refractivity contribution in [3.63, 3.8) is 0 Å². The molecular formula is C33H38ClN5O2. The quantitative estimate of drug-likeness (QED) is 0.523. The standard InChI is InChI=1S/C33H38ClN5O2/c1-32(2)30(33(3,4)31(32)41-25-9-6-23(16-35)27(34)15-25)39-20-28-26(29(39)40)10-8-24(37-28)7-5-21-11-13-38(14-12-21)19-22-17-36-18-22/h6,8-10,15,21-22,30-31,36H,11-14,17-20H2,1-4H3. The molecule has 2 aromatic rings. The first-order chi connectivity index (χ1) is 19.6. The molecule has 4 aliphatic rings. The Morgan fingerprint density at radius 1 is 1.12 bits per heavy atom. The van der Waals surface area contributed by atoms with Gasteiger partial charge in [0.2, 0.25) is 0 Å². The van der Waals surface area contributed by atoms with Crippen LogP contribution in [-0.2, 0) is 6.54 Å². The van der Waals surface area contributed by atoms with Crippen LogP contribution in [0.2, 0.25) is 5.02 Å². The molecule has 0 unspecified atom stereocenters. The molecule has 41 heavy (non-hydrogen) atoms. The second kappa shape index (κ2) is 10.6. The summed E-state index contributed by atoms with van der Waals surface area (Å²) in [5.74, 6) is 8.65. The Hall–Kier alpha value is -3.10. The number of aromatic nitrogens is 1. The molecular weight excluding hydrogens is 534 g/mol. The van der Waals surface area contributed by atoms with Crippen molar-refractivity contribution < 1.29 is 9.53 Å². The number of carbonyl (C=O) groups excluding carboxylic acids is 1. The number of amides is 1. The number of nitriles is 1. The predicted octanol–water partition coefficient (Wildman–Crippen LogP) is 4.73. The van der Waals surface area contributed by atoms with E-state index in [9.17, 15) is 10.1 Å². The van der Waals surface area contributed by atoms with Crippen LogP contribution < -0.4 is 10.1 Å². The van der Waals surface area contributed by atoms with Gasteiger partial charge in [0.15, 0.2) is 0 Å². The number of halogens is 1. The number of likely N-dealkylation sites (tertiary alicyclic amines) is 1. The Kier molecular flexibility index (Phi) is 7.27. The number of ether oxygens (including phenoxy) is 1. The van der Waals surface area contributed by atoms with E-state index in [4.69, 9.17) is 21.3 Å². The van der Waals surface area contributed by atoms with Gasteiger partial charge in [0.1, 0.15) is 23.6 Å². The number of nitrogens with one attached hydrogen (secondary N) is 1. The Morgan fingerprint density at radius 2 is 1.85 bits per heavy atom. The largest absolute Gasteiger partial charge is 0.489 e. The average molecular weight is 572 g/mol. The monoisotopic (exact) mass is 571 g/mol. The van der Waals surface area contributed by atoms with Crippen molar-refractivity contribution in [2.45, 2.75) is 59.2 Å². The molecule has 6 rings (SSSR count). The Bertz CT molecular complexity index is 1440. The van der Waals surface area contributed by atoms with Gasteiger partial charge < -0.3 is 19.9 Å². The Labute approximate surface area is 248 Å². The van der Waals surface area contributed by atoms with Crippen molar-refractivity contribution in [2.24, 2.45) is 22.7 Å². The predicted molar refractivity (Wildman–Crippen MR) is 158 cm³/mol. The summed E-state index contributed by atoms with van der Waals surface area (Å²) in [7, 11) is 0. The summed E-state index contributed by atoms with van der Waals surface area (Å²) in [5.41, 5.74) is 2.02. The molecule has 0 radical (unpaired) electrons. The lowest BCUT2D eigenvalue weighted by atomic mass is 9.49. The Balaban J connectivity index is 1.11. The van der Waals surface area contributed by atoms with Crippen molar-refractivity contribution in [1.82, 2.24) is 20.1 Å². The minimum Gasteiger partial charge on any atom is -0.489 e. The number of hydrogen-bond acceptors (Lipinski definition) is 6. The molecule has 3 fully saturated rings. The van der Waals surface area contributed by atoms with Gasteiger partial charge in [-0.15, -0.1) is 0 Å². The van der Waals surface area contributed by atoms with Crippen molar-refractivity contribution in [3.8, 4) is 23.7 Å². The zero-order chi connectivity index (χ0) is 28.9. The highest BCUT2D eigenvalue weighted by Crippen LogP contribution is 2.59. The molecule has 1 saturated carbocycles. The van der Waals surface area contributed by atoms with E-state index in [0.717, 1.165) is 56.3 Å². The van der Waals surface area contributed by atoms with Crippen LogP contribution in [0, 0.1) is 45.8 Å². The second-order valence-electron chi connectivity index (χ2n) is 13.3. The topological polar surface area (TPSA) is 81.5 Å². The summed E-state index contributed by atoms with van der Waals surface area (Å²) in [5, 5.41) is 12.9. The van der Waals surface area contributed by atoms with Crippen LogP contribution in [0.3, 0.4) is 0 Å². The van der Waals surface area contributed by atoms with Crippen molar-refractivity contribution in [3.05, 3.63) is 57.9 Å². The lowest BCUT2D eigenvalue weighted by Crippen LogP contribution is -2.74. The molecule has 1 aromatic carbocycles. The van der Waals surface area contributed by atoms with Crippen LogP contribution in [0.5, 0.6) is 5.75 Å². The molecule has 2 saturated heterocycles. The normalized spacial score (nSPS) is 25.4. The fourth-order valence-corrected chi connectivity index (χ4v) is 7.99. The number of benzene rings is 1. The number of carbonyl (C=O) groups is 1. The third-order valence-corrected chi connectivity index (χ3v) is 9.86. The lowest BCUT2D eigenvalue weighted by molar-refractivity contribution is -0.199. The summed E-state index contributed by atoms with van der Waals surface area (Å²) in [6.45, 7) is 14.8. The molecule has 3 aliphatic heterocycles. The third kappa shape index (κ3) is 5.10. The number of fused-ring (bicyclic) bond motifs is 1. The van der Waals surface area contributed by atoms with Gasteiger partial charge in [0.25, 0.3) is 5.91 Å². The summed E-state index contributed by atoms with van der Waals surface area (Å²) in [6.07, 6.45) is 2.06. The maximum atomic E-state index is 13.6. The number of nitrogens with zero attached hydrogens (tertiary/aromatic N) is 4. The van der Waals surface area contributed by atoms with Gasteiger partial charge in [-0.3, -0.25) is 4.79 Å². The van der Waals surface area contributed by atoms with Gasteiger partial charge in [-0.05, 0) is 62.0 Å². The maximum Gasteiger partial charge on any atom is 0.256 e. The van der Waals surface area contributed by atoms with E-state index in [1.807, 2.05) is 17.0 Å². The fourth-order valence-electron chi connectivity index (χ4n) is 7.77. The average Bonchev–Trinajstić information content (AvgIpc) is 3.22. The molecule has 1 aliphatic carbocycles. The van der Waals surface area contributed by atoms with E-state index in [1.54, 1.807) is 18.2 Å². The fraction of sp³-hybridized carbons (Fsp3) is 0.545. The molecule has 0 atom stereocenters. The number of hydrogen-bond donors (Lipinski definition) is 1. The minimum atomic E-state index is -0.311. The van der Waals surface area contributed by atoms with Crippen LogP contribution in [0.25, 0.3) is 0 Å². The summed E-state index contributed by atoms with van der Waals surface area (Å²) in [4.78, 5) is 23.0. The van der Waals surface area contributed by atoms with Crippen LogP contribution >= 0.6 is 11.6 Å². The number of piperidine rings is 1. The number of rotatable bonds is 5. The van der Waals surface area contributed by atoms with E-state index < -0.39 is 0 Å². The van der Waals surface area contributed by atoms with Gasteiger partial charge >= 0.3 is 0 Å². The van der Waals surface area contributed by atoms with Crippen LogP contribution in [0.4, 0.5) is 0 Å². The van der Waals surface area contributed by atoms with Crippen LogP contribution in [0.15, 0.2) is 30.3 Å². The van der Waals surface area contributed by atoms with Gasteiger partial charge in [-0.2, -0.15) is 5.26 Å². The van der Waals surface area contributed by atoms with Crippen molar-refractivity contribution in [1.29, 1.82) is 5.26 Å². The van der Waals surface area contributed by atoms with Gasteiger partial charge in [-0.25, -0.2) is 4.98 Å². The molecule has 0 bridgehead atoms. The maximum absolute atomic E-state index is 13.6. The van der Waals surface area contributed by atoms with Gasteiger partial charge in [0.05, 0.1) is 28.4 Å². The Morgan fingerprint density at radius 3 is 2.49 bits per heavy atom. The zero-order valence-electron chi connectivity index (χ0n) is 24.3. The SMILES string of the molecule is CC1(C)C(Oc2ccc(C#N)c(Cl)c2)C(C)(C)C1N1Cc2nc(C#CC3CCN(CC4CNC4)CC3)ccc2C1=O. The van der Waals surface area contributed by atoms with Crippen molar-refractivity contribution in [2.75, 3.05) is 32.7 Å². The molecule has 0 spiro atoms. The first-order valence-electron chi connectivity index (χ1n) is 14.7. The van der Waals surface area contributed by atoms with E-state index in [2.05, 4.69) is 55.8 Å². The first kappa shape index (κ1) is 28.0.